The minimum Gasteiger partial charge on any atom is -0.381 e. The maximum atomic E-state index is 13.2. The molecular weight excluding hydrogens is 292 g/mol. The van der Waals surface area contributed by atoms with Gasteiger partial charge in [0.25, 0.3) is 0 Å². The zero-order valence-electron chi connectivity index (χ0n) is 8.61. The maximum Gasteiger partial charge on any atom is 0.527 e. The first-order valence-electron chi connectivity index (χ1n) is 4.31. The van der Waals surface area contributed by atoms with E-state index in [4.69, 9.17) is 5.73 Å². The van der Waals surface area contributed by atoms with Gasteiger partial charge in [-0.25, -0.2) is 14.1 Å². The minimum atomic E-state index is -6.01. The van der Waals surface area contributed by atoms with E-state index in [1.54, 1.807) is 0 Å². The molecule has 11 heteroatoms. The van der Waals surface area contributed by atoms with Gasteiger partial charge in [-0.1, -0.05) is 0 Å². The average molecular weight is 296 g/mol. The molecule has 3 nitrogen and oxygen atoms in total. The van der Waals surface area contributed by atoms with Crippen LogP contribution in [0, 0.1) is 5.82 Å². The van der Waals surface area contributed by atoms with E-state index in [0.717, 1.165) is 0 Å². The predicted molar refractivity (Wildman–Crippen MR) is 44.6 cm³/mol. The quantitative estimate of drug-likeness (QED) is 0.872. The van der Waals surface area contributed by atoms with Crippen LogP contribution in [-0.4, -0.2) is 17.5 Å². The second-order valence-corrected chi connectivity index (χ2v) is 3.23. The number of nitrogens with zero attached hydrogens (tertiary/aromatic N) is 1. The lowest BCUT2D eigenvalue weighted by Crippen LogP contribution is -2.44. The molecule has 0 aliphatic carbocycles. The fourth-order valence-corrected chi connectivity index (χ4v) is 0.998. The van der Waals surface area contributed by atoms with E-state index in [0.29, 0.717) is 0 Å². The number of halogens is 8. The van der Waals surface area contributed by atoms with Crippen LogP contribution in [0.3, 0.4) is 0 Å². The molecule has 0 saturated heterocycles. The lowest BCUT2D eigenvalue weighted by molar-refractivity contribution is -0.469. The molecule has 0 radical (unpaired) electrons. The predicted octanol–water partition coefficient (Wildman–Crippen LogP) is 3.02. The summed E-state index contributed by atoms with van der Waals surface area (Å²) in [5.41, 5.74) is 3.00. The first-order valence-corrected chi connectivity index (χ1v) is 4.31. The monoisotopic (exact) mass is 296 g/mol. The SMILES string of the molecule is Nc1ncc(C(F)(F)C(F)(F)OC(F)(F)F)cc1F. The van der Waals surface area contributed by atoms with E-state index in [1.165, 1.54) is 0 Å². The van der Waals surface area contributed by atoms with Crippen LogP contribution in [0.15, 0.2) is 12.3 Å². The molecule has 0 aromatic carbocycles. The number of pyridine rings is 1. The Hall–Kier alpha value is -1.65. The fraction of sp³-hybridized carbons (Fsp3) is 0.375. The van der Waals surface area contributed by atoms with Crippen LogP contribution in [0.1, 0.15) is 5.56 Å². The van der Waals surface area contributed by atoms with Crippen LogP contribution < -0.4 is 5.73 Å². The number of rotatable bonds is 3. The molecule has 2 N–H and O–H groups in total. The fourth-order valence-electron chi connectivity index (χ4n) is 0.998. The normalized spacial score (nSPS) is 13.7. The zero-order valence-corrected chi connectivity index (χ0v) is 8.61. The highest BCUT2D eigenvalue weighted by molar-refractivity contribution is 5.33. The Kier molecular flexibility index (Phi) is 3.63. The van der Waals surface area contributed by atoms with Gasteiger partial charge in [0, 0.05) is 6.20 Å². The summed E-state index contributed by atoms with van der Waals surface area (Å²) in [4.78, 5) is 2.81. The van der Waals surface area contributed by atoms with Crippen molar-refractivity contribution in [2.24, 2.45) is 0 Å². The van der Waals surface area contributed by atoms with Crippen LogP contribution in [0.5, 0.6) is 0 Å². The average Bonchev–Trinajstić information content (AvgIpc) is 2.18. The number of ether oxygens (including phenoxy) is 1. The summed E-state index contributed by atoms with van der Waals surface area (Å²) in [5, 5.41) is 0. The highest BCUT2D eigenvalue weighted by Crippen LogP contribution is 2.46. The van der Waals surface area contributed by atoms with Gasteiger partial charge < -0.3 is 5.73 Å². The Morgan fingerprint density at radius 3 is 2.00 bits per heavy atom. The van der Waals surface area contributed by atoms with Crippen LogP contribution in [0.25, 0.3) is 0 Å². The van der Waals surface area contributed by atoms with Crippen molar-refractivity contribution in [2.75, 3.05) is 5.73 Å². The molecule has 0 saturated carbocycles. The second-order valence-electron chi connectivity index (χ2n) is 3.23. The van der Waals surface area contributed by atoms with E-state index >= 15 is 0 Å². The summed E-state index contributed by atoms with van der Waals surface area (Å²) in [6.07, 6.45) is -11.9. The van der Waals surface area contributed by atoms with Crippen LogP contribution in [0.4, 0.5) is 40.9 Å². The van der Waals surface area contributed by atoms with E-state index in [2.05, 4.69) is 4.98 Å². The van der Waals surface area contributed by atoms with Crippen molar-refractivity contribution in [3.63, 3.8) is 0 Å². The van der Waals surface area contributed by atoms with Crippen LogP contribution in [0.2, 0.25) is 0 Å². The molecular formula is C8H4F8N2O. The van der Waals surface area contributed by atoms with Crippen LogP contribution >= 0.6 is 0 Å². The molecule has 19 heavy (non-hydrogen) atoms. The molecule has 0 aliphatic rings. The van der Waals surface area contributed by atoms with E-state index in [-0.39, 0.29) is 12.3 Å². The summed E-state index contributed by atoms with van der Waals surface area (Å²) < 4.78 is 101. The number of alkyl halides is 7. The molecule has 1 rings (SSSR count). The third kappa shape index (κ3) is 3.22. The lowest BCUT2D eigenvalue weighted by atomic mass is 10.1. The van der Waals surface area contributed by atoms with Crippen molar-refractivity contribution in [3.05, 3.63) is 23.6 Å². The number of nitrogens with two attached hydrogens (primary N) is 1. The molecule has 0 spiro atoms. The Balaban J connectivity index is 3.17. The van der Waals surface area contributed by atoms with Gasteiger partial charge in [-0.2, -0.15) is 17.6 Å². The van der Waals surface area contributed by atoms with Crippen molar-refractivity contribution in [3.8, 4) is 0 Å². The summed E-state index contributed by atoms with van der Waals surface area (Å²) in [7, 11) is 0. The Morgan fingerprint density at radius 2 is 1.58 bits per heavy atom. The minimum absolute atomic E-state index is 0.0199. The highest BCUT2D eigenvalue weighted by atomic mass is 19.4. The van der Waals surface area contributed by atoms with E-state index in [1.807, 2.05) is 4.74 Å². The van der Waals surface area contributed by atoms with Gasteiger partial charge in [-0.05, 0) is 6.07 Å². The van der Waals surface area contributed by atoms with Gasteiger partial charge in [0.05, 0.1) is 5.56 Å². The van der Waals surface area contributed by atoms with Crippen molar-refractivity contribution < 1.29 is 39.9 Å². The number of hydrogen-bond donors (Lipinski definition) is 1. The standard InChI is InChI=1S/C8H4F8N2O/c9-4-1-3(2-18-5(4)17)6(10,11)7(12,13)19-8(14,15)16/h1-2H,(H2,17,18). The molecule has 0 fully saturated rings. The van der Waals surface area contributed by atoms with Gasteiger partial charge in [0.15, 0.2) is 11.6 Å². The molecule has 0 amide bonds. The maximum absolute atomic E-state index is 13.2. The third-order valence-electron chi connectivity index (χ3n) is 1.84. The van der Waals surface area contributed by atoms with Crippen molar-refractivity contribution in [1.29, 1.82) is 0 Å². The molecule has 0 bridgehead atoms. The number of aromatic nitrogens is 1. The highest BCUT2D eigenvalue weighted by Gasteiger charge is 2.64. The Labute approximate surface area is 99.5 Å². The van der Waals surface area contributed by atoms with Gasteiger partial charge in [0.1, 0.15) is 0 Å². The molecule has 0 atom stereocenters. The van der Waals surface area contributed by atoms with Gasteiger partial charge >= 0.3 is 18.4 Å². The van der Waals surface area contributed by atoms with Crippen molar-refractivity contribution in [1.82, 2.24) is 4.98 Å². The van der Waals surface area contributed by atoms with Gasteiger partial charge in [0.2, 0.25) is 0 Å². The molecule has 0 aliphatic heterocycles. The molecule has 0 unspecified atom stereocenters. The van der Waals surface area contributed by atoms with E-state index in [9.17, 15) is 35.1 Å². The van der Waals surface area contributed by atoms with E-state index < -0.39 is 35.6 Å². The van der Waals surface area contributed by atoms with Crippen LogP contribution in [-0.2, 0) is 10.7 Å². The largest absolute Gasteiger partial charge is 0.527 e. The second kappa shape index (κ2) is 4.47. The third-order valence-corrected chi connectivity index (χ3v) is 1.84. The summed E-state index contributed by atoms with van der Waals surface area (Å²) in [5.74, 6) is -7.91. The van der Waals surface area contributed by atoms with Crippen molar-refractivity contribution in [2.45, 2.75) is 18.4 Å². The number of nitrogen functional groups attached to an aromatic ring is 1. The topological polar surface area (TPSA) is 48.1 Å². The summed E-state index contributed by atoms with van der Waals surface area (Å²) in [6, 6.07) is -0.157. The zero-order chi connectivity index (χ0) is 15.1. The molecule has 1 heterocycles. The summed E-state index contributed by atoms with van der Waals surface area (Å²) in [6.45, 7) is 0. The summed E-state index contributed by atoms with van der Waals surface area (Å²) >= 11 is 0. The van der Waals surface area contributed by atoms with Gasteiger partial charge in [-0.15, -0.1) is 13.2 Å². The van der Waals surface area contributed by atoms with Crippen molar-refractivity contribution >= 4 is 5.82 Å². The smallest absolute Gasteiger partial charge is 0.381 e. The lowest BCUT2D eigenvalue weighted by Gasteiger charge is -2.26. The molecule has 108 valence electrons. The molecule has 1 aromatic heterocycles. The molecule has 1 aromatic rings. The Morgan fingerprint density at radius 1 is 1.05 bits per heavy atom. The number of anilines is 1. The van der Waals surface area contributed by atoms with Gasteiger partial charge in [-0.3, -0.25) is 0 Å². The Bertz CT molecular complexity index is 472. The first kappa shape index (κ1) is 15.4. The first-order chi connectivity index (χ1) is 8.37. The number of hydrogen-bond acceptors (Lipinski definition) is 3.